The summed E-state index contributed by atoms with van der Waals surface area (Å²) in [5.41, 5.74) is 0.272. The van der Waals surface area contributed by atoms with Crippen LogP contribution in [0.2, 0.25) is 5.02 Å². The van der Waals surface area contributed by atoms with Gasteiger partial charge >= 0.3 is 0 Å². The van der Waals surface area contributed by atoms with Crippen molar-refractivity contribution in [1.82, 2.24) is 0 Å². The summed E-state index contributed by atoms with van der Waals surface area (Å²) in [6.07, 6.45) is -0.0924. The van der Waals surface area contributed by atoms with Gasteiger partial charge in [0.15, 0.2) is 11.5 Å². The molecular weight excluding hydrogens is 394 g/mol. The van der Waals surface area contributed by atoms with Crippen LogP contribution in [0.1, 0.15) is 6.42 Å². The lowest BCUT2D eigenvalue weighted by molar-refractivity contribution is -0.122. The molecule has 4 rings (SSSR count). The number of benzene rings is 2. The van der Waals surface area contributed by atoms with Gasteiger partial charge in [-0.1, -0.05) is 11.6 Å². The molecule has 1 atom stereocenters. The molecule has 2 heterocycles. The molecule has 0 radical (unpaired) electrons. The Bertz CT molecular complexity index is 969. The molecule has 146 valence electrons. The first-order valence-corrected chi connectivity index (χ1v) is 8.95. The highest BCUT2D eigenvalue weighted by molar-refractivity contribution is 6.34. The van der Waals surface area contributed by atoms with Crippen molar-refractivity contribution in [3.8, 4) is 11.5 Å². The van der Waals surface area contributed by atoms with E-state index in [1.807, 2.05) is 0 Å². The van der Waals surface area contributed by atoms with Gasteiger partial charge in [-0.3, -0.25) is 9.59 Å². The molecule has 2 aromatic carbocycles. The van der Waals surface area contributed by atoms with Crippen LogP contribution in [-0.4, -0.2) is 31.6 Å². The van der Waals surface area contributed by atoms with Gasteiger partial charge in [0.25, 0.3) is 0 Å². The van der Waals surface area contributed by atoms with Crippen LogP contribution in [0.4, 0.5) is 20.2 Å². The van der Waals surface area contributed by atoms with Crippen LogP contribution in [-0.2, 0) is 9.59 Å². The van der Waals surface area contributed by atoms with Crippen LogP contribution in [0.5, 0.6) is 11.5 Å². The summed E-state index contributed by atoms with van der Waals surface area (Å²) in [7, 11) is 0. The van der Waals surface area contributed by atoms with E-state index in [9.17, 15) is 18.4 Å². The second-order valence-corrected chi connectivity index (χ2v) is 6.87. The van der Waals surface area contributed by atoms with Gasteiger partial charge in [0.05, 0.1) is 22.3 Å². The van der Waals surface area contributed by atoms with Crippen LogP contribution in [0, 0.1) is 17.6 Å². The average molecular weight is 409 g/mol. The Kier molecular flexibility index (Phi) is 4.80. The Morgan fingerprint density at radius 1 is 1.14 bits per heavy atom. The number of fused-ring (bicyclic) bond motifs is 1. The van der Waals surface area contributed by atoms with Crippen molar-refractivity contribution in [3.63, 3.8) is 0 Å². The fraction of sp³-hybridized carbons (Fsp3) is 0.263. The van der Waals surface area contributed by atoms with E-state index in [0.717, 1.165) is 11.0 Å². The van der Waals surface area contributed by atoms with E-state index in [0.29, 0.717) is 36.5 Å². The third-order valence-electron chi connectivity index (χ3n) is 4.59. The van der Waals surface area contributed by atoms with Crippen LogP contribution >= 0.6 is 11.6 Å². The number of carbonyl (C=O) groups is 2. The van der Waals surface area contributed by atoms with Crippen molar-refractivity contribution in [1.29, 1.82) is 0 Å². The van der Waals surface area contributed by atoms with Crippen molar-refractivity contribution in [2.75, 3.05) is 30.0 Å². The van der Waals surface area contributed by atoms with Crippen molar-refractivity contribution >= 4 is 34.8 Å². The highest BCUT2D eigenvalue weighted by Gasteiger charge is 2.36. The molecule has 1 unspecified atom stereocenters. The summed E-state index contributed by atoms with van der Waals surface area (Å²) in [6.45, 7) is 0.779. The number of hydrogen-bond acceptors (Lipinski definition) is 4. The van der Waals surface area contributed by atoms with Gasteiger partial charge in [-0.05, 0) is 12.1 Å². The Morgan fingerprint density at radius 2 is 1.86 bits per heavy atom. The lowest BCUT2D eigenvalue weighted by Gasteiger charge is -2.20. The maximum absolute atomic E-state index is 14.0. The van der Waals surface area contributed by atoms with Gasteiger partial charge in [-0.15, -0.1) is 0 Å². The molecule has 2 amide bonds. The van der Waals surface area contributed by atoms with Crippen LogP contribution in [0.25, 0.3) is 0 Å². The van der Waals surface area contributed by atoms with Crippen LogP contribution < -0.4 is 19.7 Å². The van der Waals surface area contributed by atoms with E-state index in [-0.39, 0.29) is 23.7 Å². The molecule has 28 heavy (non-hydrogen) atoms. The third kappa shape index (κ3) is 3.47. The molecule has 1 N–H and O–H groups in total. The standard InChI is InChI=1S/C19H15ClF2N2O4/c20-12-7-16-17(28-4-3-27-16)8-14(12)23-19(26)10-5-18(25)24(9-10)15-2-1-11(21)6-13(15)22/h1-2,6-8,10H,3-5,9H2,(H,23,26). The van der Waals surface area contributed by atoms with E-state index < -0.39 is 29.4 Å². The Balaban J connectivity index is 1.50. The second-order valence-electron chi connectivity index (χ2n) is 6.47. The number of amides is 2. The summed E-state index contributed by atoms with van der Waals surface area (Å²) in [5.74, 6) is -2.21. The van der Waals surface area contributed by atoms with Crippen LogP contribution in [0.15, 0.2) is 30.3 Å². The smallest absolute Gasteiger partial charge is 0.229 e. The van der Waals surface area contributed by atoms with Crippen molar-refractivity contribution in [2.24, 2.45) is 5.92 Å². The topological polar surface area (TPSA) is 67.9 Å². The van der Waals surface area contributed by atoms with E-state index in [1.54, 1.807) is 12.1 Å². The molecule has 1 saturated heterocycles. The highest BCUT2D eigenvalue weighted by Crippen LogP contribution is 2.38. The third-order valence-corrected chi connectivity index (χ3v) is 4.90. The molecule has 0 aromatic heterocycles. The number of ether oxygens (including phenoxy) is 2. The maximum atomic E-state index is 14.0. The lowest BCUT2D eigenvalue weighted by atomic mass is 10.1. The minimum Gasteiger partial charge on any atom is -0.486 e. The van der Waals surface area contributed by atoms with Crippen molar-refractivity contribution < 1.29 is 27.8 Å². The Morgan fingerprint density at radius 3 is 2.57 bits per heavy atom. The fourth-order valence-electron chi connectivity index (χ4n) is 3.21. The molecule has 0 bridgehead atoms. The number of halogens is 3. The SMILES string of the molecule is O=C(Nc1cc2c(cc1Cl)OCCO2)C1CC(=O)N(c2ccc(F)cc2F)C1. The average Bonchev–Trinajstić information content (AvgIpc) is 3.04. The van der Waals surface area contributed by atoms with Gasteiger partial charge < -0.3 is 19.7 Å². The summed E-state index contributed by atoms with van der Waals surface area (Å²) in [5, 5.41) is 2.95. The summed E-state index contributed by atoms with van der Waals surface area (Å²) in [4.78, 5) is 26.0. The number of hydrogen-bond donors (Lipinski definition) is 1. The van der Waals surface area contributed by atoms with Gasteiger partial charge in [-0.25, -0.2) is 8.78 Å². The number of carbonyl (C=O) groups excluding carboxylic acids is 2. The molecule has 2 aromatic rings. The molecule has 6 nitrogen and oxygen atoms in total. The van der Waals surface area contributed by atoms with Crippen molar-refractivity contribution in [2.45, 2.75) is 6.42 Å². The Hall–Kier alpha value is -2.87. The quantitative estimate of drug-likeness (QED) is 0.845. The van der Waals surface area contributed by atoms with E-state index in [1.165, 1.54) is 6.07 Å². The molecule has 9 heteroatoms. The molecule has 1 fully saturated rings. The summed E-state index contributed by atoms with van der Waals surface area (Å²) >= 11 is 6.19. The molecular formula is C19H15ClF2N2O4. The van der Waals surface area contributed by atoms with Gasteiger partial charge in [0.2, 0.25) is 11.8 Å². The van der Waals surface area contributed by atoms with Gasteiger partial charge in [0.1, 0.15) is 24.8 Å². The van der Waals surface area contributed by atoms with E-state index in [2.05, 4.69) is 5.32 Å². The summed E-state index contributed by atoms with van der Waals surface area (Å²) < 4.78 is 38.0. The number of nitrogens with one attached hydrogen (secondary N) is 1. The van der Waals surface area contributed by atoms with E-state index >= 15 is 0 Å². The molecule has 2 aliphatic heterocycles. The van der Waals surface area contributed by atoms with Crippen LogP contribution in [0.3, 0.4) is 0 Å². The molecule has 0 saturated carbocycles. The zero-order chi connectivity index (χ0) is 19.8. The lowest BCUT2D eigenvalue weighted by Crippen LogP contribution is -2.28. The largest absolute Gasteiger partial charge is 0.486 e. The number of nitrogens with zero attached hydrogens (tertiary/aromatic N) is 1. The second kappa shape index (κ2) is 7.27. The zero-order valence-corrected chi connectivity index (χ0v) is 15.3. The highest BCUT2D eigenvalue weighted by atomic mass is 35.5. The minimum atomic E-state index is -0.857. The minimum absolute atomic E-state index is 0.0185. The maximum Gasteiger partial charge on any atom is 0.229 e. The zero-order valence-electron chi connectivity index (χ0n) is 14.5. The number of rotatable bonds is 3. The van der Waals surface area contributed by atoms with Gasteiger partial charge in [0, 0.05) is 31.2 Å². The van der Waals surface area contributed by atoms with Gasteiger partial charge in [-0.2, -0.15) is 0 Å². The predicted octanol–water partition coefficient (Wildman–Crippen LogP) is 3.38. The van der Waals surface area contributed by atoms with E-state index in [4.69, 9.17) is 21.1 Å². The molecule has 0 aliphatic carbocycles. The number of anilines is 2. The predicted molar refractivity (Wildman–Crippen MR) is 97.9 cm³/mol. The molecule has 0 spiro atoms. The van der Waals surface area contributed by atoms with Crippen molar-refractivity contribution in [3.05, 3.63) is 47.0 Å². The fourth-order valence-corrected chi connectivity index (χ4v) is 3.41. The summed E-state index contributed by atoms with van der Waals surface area (Å²) in [6, 6.07) is 6.05. The first-order chi connectivity index (χ1) is 13.4. The normalized spacial score (nSPS) is 18.3. The molecule has 2 aliphatic rings. The first-order valence-electron chi connectivity index (χ1n) is 8.58. The Labute approximate surface area is 164 Å². The monoisotopic (exact) mass is 408 g/mol. The first kappa shape index (κ1) is 18.5.